The Hall–Kier alpha value is -2.14. The number of rotatable bonds is 16. The maximum absolute atomic E-state index is 12.3. The molecule has 1 aliphatic carbocycles. The largest absolute Gasteiger partial charge is 0.508 e. The highest BCUT2D eigenvalue weighted by Crippen LogP contribution is 2.34. The molecule has 0 aromatic heterocycles. The van der Waals surface area contributed by atoms with E-state index in [1.54, 1.807) is 12.1 Å². The Balaban J connectivity index is 1.55. The number of aliphatic hydroxyl groups excluding tert-OH is 1. The molecule has 1 aliphatic rings. The van der Waals surface area contributed by atoms with Gasteiger partial charge >= 0.3 is 0 Å². The van der Waals surface area contributed by atoms with Crippen LogP contribution in [0.1, 0.15) is 89.5 Å². The van der Waals surface area contributed by atoms with Crippen molar-refractivity contribution in [3.8, 4) is 5.75 Å². The van der Waals surface area contributed by atoms with Crippen LogP contribution < -0.4 is 5.32 Å². The molecule has 0 heterocycles. The van der Waals surface area contributed by atoms with Crippen LogP contribution in [0.2, 0.25) is 0 Å². The molecule has 0 aliphatic heterocycles. The van der Waals surface area contributed by atoms with Crippen molar-refractivity contribution in [2.45, 2.75) is 96.5 Å². The summed E-state index contributed by atoms with van der Waals surface area (Å²) in [5.41, 5.74) is 1.09. The van der Waals surface area contributed by atoms with Gasteiger partial charge < -0.3 is 15.5 Å². The van der Waals surface area contributed by atoms with E-state index < -0.39 is 0 Å². The number of unbranched alkanes of at least 4 members (excludes halogenated alkanes) is 5. The van der Waals surface area contributed by atoms with Gasteiger partial charge in [-0.1, -0.05) is 69.7 Å². The number of ketones is 1. The molecule has 0 unspecified atom stereocenters. The molecular formula is C28H43NO4. The molecule has 1 aromatic carbocycles. The number of hydrogen-bond acceptors (Lipinski definition) is 4. The smallest absolute Gasteiger partial charge is 0.220 e. The lowest BCUT2D eigenvalue weighted by molar-refractivity contribution is -0.121. The van der Waals surface area contributed by atoms with Gasteiger partial charge in [-0.05, 0) is 55.7 Å². The molecule has 5 heteroatoms. The number of hydrogen-bond donors (Lipinski definition) is 3. The summed E-state index contributed by atoms with van der Waals surface area (Å²) in [6, 6.07) is 7.05. The van der Waals surface area contributed by atoms with E-state index in [2.05, 4.69) is 18.3 Å². The zero-order valence-corrected chi connectivity index (χ0v) is 20.3. The Morgan fingerprint density at radius 2 is 1.88 bits per heavy atom. The van der Waals surface area contributed by atoms with Crippen molar-refractivity contribution in [1.82, 2.24) is 5.32 Å². The van der Waals surface area contributed by atoms with Crippen LogP contribution in [0.15, 0.2) is 36.4 Å². The van der Waals surface area contributed by atoms with Crippen molar-refractivity contribution in [2.24, 2.45) is 11.8 Å². The van der Waals surface area contributed by atoms with Crippen molar-refractivity contribution in [1.29, 1.82) is 0 Å². The Labute approximate surface area is 199 Å². The van der Waals surface area contributed by atoms with E-state index in [1.165, 1.54) is 0 Å². The van der Waals surface area contributed by atoms with Gasteiger partial charge in [-0.2, -0.15) is 0 Å². The van der Waals surface area contributed by atoms with Gasteiger partial charge in [0.2, 0.25) is 5.91 Å². The van der Waals surface area contributed by atoms with Gasteiger partial charge in [0.05, 0.1) is 6.10 Å². The van der Waals surface area contributed by atoms with Crippen molar-refractivity contribution in [3.63, 3.8) is 0 Å². The molecule has 0 saturated heterocycles. The van der Waals surface area contributed by atoms with Crippen LogP contribution in [0.3, 0.4) is 0 Å². The highest BCUT2D eigenvalue weighted by Gasteiger charge is 2.32. The molecule has 0 spiro atoms. The quantitative estimate of drug-likeness (QED) is 0.226. The second kappa shape index (κ2) is 15.7. The van der Waals surface area contributed by atoms with E-state index in [4.69, 9.17) is 0 Å². The highest BCUT2D eigenvalue weighted by molar-refractivity contribution is 5.83. The Morgan fingerprint density at radius 3 is 2.64 bits per heavy atom. The molecule has 1 fully saturated rings. The maximum Gasteiger partial charge on any atom is 0.220 e. The molecule has 2 rings (SSSR count). The molecule has 33 heavy (non-hydrogen) atoms. The number of phenolic OH excluding ortho intramolecular Hbond substituents is 1. The molecule has 0 radical (unpaired) electrons. The minimum absolute atomic E-state index is 0.0856. The molecule has 1 aromatic rings. The minimum atomic E-state index is -0.389. The highest BCUT2D eigenvalue weighted by atomic mass is 16.3. The van der Waals surface area contributed by atoms with Gasteiger partial charge in [0.1, 0.15) is 11.5 Å². The first-order chi connectivity index (χ1) is 16.0. The lowest BCUT2D eigenvalue weighted by atomic mass is 9.89. The average Bonchev–Trinajstić information content (AvgIpc) is 3.15. The number of carbonyl (C=O) groups excluding carboxylic acids is 2. The van der Waals surface area contributed by atoms with E-state index in [9.17, 15) is 19.8 Å². The number of nitrogens with one attached hydrogen (secondary N) is 1. The van der Waals surface area contributed by atoms with Gasteiger partial charge in [0.25, 0.3) is 0 Å². The average molecular weight is 458 g/mol. The molecule has 0 bridgehead atoms. The van der Waals surface area contributed by atoms with E-state index in [1.807, 2.05) is 18.2 Å². The molecular weight excluding hydrogens is 414 g/mol. The molecule has 5 nitrogen and oxygen atoms in total. The van der Waals surface area contributed by atoms with Gasteiger partial charge in [-0.3, -0.25) is 9.59 Å². The lowest BCUT2D eigenvalue weighted by Gasteiger charge is -2.15. The summed E-state index contributed by atoms with van der Waals surface area (Å²) in [6.45, 7) is 2.77. The van der Waals surface area contributed by atoms with Crippen LogP contribution in [0, 0.1) is 11.8 Å². The topological polar surface area (TPSA) is 86.6 Å². The van der Waals surface area contributed by atoms with Crippen LogP contribution >= 0.6 is 0 Å². The first kappa shape index (κ1) is 27.1. The van der Waals surface area contributed by atoms with E-state index in [0.717, 1.165) is 76.2 Å². The number of benzene rings is 1. The van der Waals surface area contributed by atoms with Crippen LogP contribution in [-0.4, -0.2) is 34.6 Å². The molecule has 1 saturated carbocycles. The third kappa shape index (κ3) is 11.0. The Morgan fingerprint density at radius 1 is 1.12 bits per heavy atom. The van der Waals surface area contributed by atoms with Crippen LogP contribution in [-0.2, 0) is 16.0 Å². The van der Waals surface area contributed by atoms with Crippen LogP contribution in [0.5, 0.6) is 5.75 Å². The first-order valence-corrected chi connectivity index (χ1v) is 12.9. The van der Waals surface area contributed by atoms with Gasteiger partial charge in [0, 0.05) is 25.3 Å². The van der Waals surface area contributed by atoms with Crippen molar-refractivity contribution in [2.75, 3.05) is 6.54 Å². The lowest BCUT2D eigenvalue weighted by Crippen LogP contribution is -2.25. The second-order valence-electron chi connectivity index (χ2n) is 9.44. The number of allylic oxidation sites excluding steroid dienone is 1. The van der Waals surface area contributed by atoms with E-state index >= 15 is 0 Å². The summed E-state index contributed by atoms with van der Waals surface area (Å²) in [6.07, 6.45) is 15.5. The fourth-order valence-electron chi connectivity index (χ4n) is 4.61. The van der Waals surface area contributed by atoms with E-state index in [-0.39, 0.29) is 29.6 Å². The van der Waals surface area contributed by atoms with Crippen LogP contribution in [0.4, 0.5) is 0 Å². The number of carbonyl (C=O) groups is 2. The van der Waals surface area contributed by atoms with Gasteiger partial charge in [0.15, 0.2) is 0 Å². The number of Topliss-reactive ketones (excluding diaryl/α,β-unsaturated/α-hetero) is 1. The number of aliphatic hydroxyl groups is 1. The fourth-order valence-corrected chi connectivity index (χ4v) is 4.61. The van der Waals surface area contributed by atoms with Crippen molar-refractivity contribution < 1.29 is 19.8 Å². The molecule has 1 amide bonds. The number of amides is 1. The summed E-state index contributed by atoms with van der Waals surface area (Å²) in [5, 5.41) is 22.4. The van der Waals surface area contributed by atoms with Crippen molar-refractivity contribution >= 4 is 11.7 Å². The molecule has 3 N–H and O–H groups in total. The number of aromatic hydroxyl groups is 1. The summed E-state index contributed by atoms with van der Waals surface area (Å²) in [7, 11) is 0. The third-order valence-corrected chi connectivity index (χ3v) is 6.68. The van der Waals surface area contributed by atoms with Gasteiger partial charge in [-0.25, -0.2) is 0 Å². The normalized spacial score (nSPS) is 19.3. The summed E-state index contributed by atoms with van der Waals surface area (Å²) < 4.78 is 0. The maximum atomic E-state index is 12.3. The van der Waals surface area contributed by atoms with Crippen molar-refractivity contribution in [3.05, 3.63) is 42.0 Å². The standard InChI is InChI=1S/C28H43NO4/c1-2-3-6-9-24(30)18-14-23-15-19-27(32)26(23)10-7-4-5-8-11-28(33)29-21-20-22-12-16-25(31)17-13-22/h12-14,16-18,23-24,26,30-31H,2-11,15,19-21H2,1H3,(H,29,33)/t23-,24+,26-/m1/s1. The predicted octanol–water partition coefficient (Wildman–Crippen LogP) is 5.48. The van der Waals surface area contributed by atoms with Crippen LogP contribution in [0.25, 0.3) is 0 Å². The summed E-state index contributed by atoms with van der Waals surface area (Å²) >= 11 is 0. The zero-order chi connectivity index (χ0) is 23.9. The van der Waals surface area contributed by atoms with Gasteiger partial charge in [-0.15, -0.1) is 0 Å². The Kier molecular flexibility index (Phi) is 12.9. The molecule has 3 atom stereocenters. The fraction of sp³-hybridized carbons (Fsp3) is 0.643. The van der Waals surface area contributed by atoms with E-state index in [0.29, 0.717) is 25.2 Å². The number of phenols is 1. The minimum Gasteiger partial charge on any atom is -0.508 e. The predicted molar refractivity (Wildman–Crippen MR) is 133 cm³/mol. The summed E-state index contributed by atoms with van der Waals surface area (Å²) in [5.74, 6) is 1.09. The monoisotopic (exact) mass is 457 g/mol. The Bertz CT molecular complexity index is 728. The molecule has 184 valence electrons. The summed E-state index contributed by atoms with van der Waals surface area (Å²) in [4.78, 5) is 24.3. The first-order valence-electron chi connectivity index (χ1n) is 12.9. The SMILES string of the molecule is CCCCC[C@H](O)C=C[C@@H]1CCC(=O)[C@@H]1CCCCCCC(=O)NCCc1ccc(O)cc1. The third-order valence-electron chi connectivity index (χ3n) is 6.68. The zero-order valence-electron chi connectivity index (χ0n) is 20.3. The second-order valence-corrected chi connectivity index (χ2v) is 9.44.